The van der Waals surface area contributed by atoms with Gasteiger partial charge in [-0.3, -0.25) is 0 Å². The van der Waals surface area contributed by atoms with Crippen molar-refractivity contribution in [2.45, 2.75) is 51.5 Å². The van der Waals surface area contributed by atoms with Crippen molar-refractivity contribution in [2.75, 3.05) is 20.3 Å². The van der Waals surface area contributed by atoms with E-state index in [0.29, 0.717) is 6.61 Å². The molecule has 0 spiro atoms. The lowest BCUT2D eigenvalue weighted by molar-refractivity contribution is -0.158. The van der Waals surface area contributed by atoms with Crippen molar-refractivity contribution in [1.29, 1.82) is 0 Å². The lowest BCUT2D eigenvalue weighted by Crippen LogP contribution is -2.41. The first kappa shape index (κ1) is 23.0. The van der Waals surface area contributed by atoms with E-state index in [-0.39, 0.29) is 18.8 Å². The Morgan fingerprint density at radius 3 is 2.55 bits per heavy atom. The van der Waals surface area contributed by atoms with Gasteiger partial charge in [-0.05, 0) is 26.3 Å². The Morgan fingerprint density at radius 1 is 1.24 bits per heavy atom. The van der Waals surface area contributed by atoms with Gasteiger partial charge >= 0.3 is 11.9 Å². The molecule has 0 radical (unpaired) electrons. The second-order valence-corrected chi connectivity index (χ2v) is 6.93. The standard InChI is InChI=1S/C21H28O8/c1-5-27-20(24)15(11-17(22)25-4)18(23)19-16(28-21(2,3)29-19)13-26-12-14-9-7-6-8-10-14/h6-11,16,18-19,23H,5,12-13H2,1-4H3/b15-11-/t16-,18?,19+/m0/s1. The molecular formula is C21H28O8. The summed E-state index contributed by atoms with van der Waals surface area (Å²) < 4.78 is 26.9. The fraction of sp³-hybridized carbons (Fsp3) is 0.524. The summed E-state index contributed by atoms with van der Waals surface area (Å²) in [6, 6.07) is 9.59. The van der Waals surface area contributed by atoms with Crippen LogP contribution in [-0.2, 0) is 39.9 Å². The van der Waals surface area contributed by atoms with Gasteiger partial charge in [0.05, 0.1) is 32.5 Å². The van der Waals surface area contributed by atoms with Gasteiger partial charge < -0.3 is 28.8 Å². The third-order valence-corrected chi connectivity index (χ3v) is 4.23. The van der Waals surface area contributed by atoms with E-state index in [9.17, 15) is 14.7 Å². The highest BCUT2D eigenvalue weighted by molar-refractivity contribution is 5.97. The van der Waals surface area contributed by atoms with Gasteiger partial charge in [-0.2, -0.15) is 0 Å². The quantitative estimate of drug-likeness (QED) is 0.487. The van der Waals surface area contributed by atoms with Gasteiger partial charge in [-0.1, -0.05) is 30.3 Å². The Kier molecular flexibility index (Phi) is 8.33. The van der Waals surface area contributed by atoms with Crippen molar-refractivity contribution >= 4 is 11.9 Å². The Balaban J connectivity index is 2.14. The number of rotatable bonds is 9. The molecule has 0 aliphatic carbocycles. The molecule has 1 N–H and O–H groups in total. The van der Waals surface area contributed by atoms with Gasteiger partial charge in [0, 0.05) is 6.08 Å². The molecule has 0 saturated carbocycles. The molecule has 8 heteroatoms. The molecule has 1 aromatic carbocycles. The average Bonchev–Trinajstić information content (AvgIpc) is 3.00. The van der Waals surface area contributed by atoms with E-state index in [2.05, 4.69) is 4.74 Å². The molecule has 1 fully saturated rings. The second kappa shape index (κ2) is 10.5. The van der Waals surface area contributed by atoms with Crippen LogP contribution in [0.1, 0.15) is 26.3 Å². The molecule has 160 valence electrons. The zero-order valence-electron chi connectivity index (χ0n) is 17.1. The number of hydrogen-bond acceptors (Lipinski definition) is 8. The van der Waals surface area contributed by atoms with E-state index in [4.69, 9.17) is 18.9 Å². The number of aliphatic hydroxyl groups is 1. The van der Waals surface area contributed by atoms with Crippen molar-refractivity contribution in [3.05, 3.63) is 47.5 Å². The van der Waals surface area contributed by atoms with Gasteiger partial charge in [-0.15, -0.1) is 0 Å². The van der Waals surface area contributed by atoms with Crippen molar-refractivity contribution in [1.82, 2.24) is 0 Å². The van der Waals surface area contributed by atoms with Gasteiger partial charge in [0.1, 0.15) is 18.3 Å². The summed E-state index contributed by atoms with van der Waals surface area (Å²) in [5.41, 5.74) is 0.721. The molecule has 1 aliphatic heterocycles. The fourth-order valence-corrected chi connectivity index (χ4v) is 2.97. The van der Waals surface area contributed by atoms with Gasteiger partial charge in [0.25, 0.3) is 0 Å². The first-order valence-corrected chi connectivity index (χ1v) is 9.39. The lowest BCUT2D eigenvalue weighted by Gasteiger charge is -2.23. The largest absolute Gasteiger partial charge is 0.466 e. The number of hydrogen-bond donors (Lipinski definition) is 1. The van der Waals surface area contributed by atoms with Crippen molar-refractivity contribution in [3.8, 4) is 0 Å². The van der Waals surface area contributed by atoms with E-state index in [1.807, 2.05) is 30.3 Å². The number of esters is 2. The molecule has 0 amide bonds. The van der Waals surface area contributed by atoms with Gasteiger partial charge in [0.2, 0.25) is 0 Å². The second-order valence-electron chi connectivity index (χ2n) is 6.93. The van der Waals surface area contributed by atoms with Crippen molar-refractivity contribution in [3.63, 3.8) is 0 Å². The van der Waals surface area contributed by atoms with Crippen LogP contribution in [0.5, 0.6) is 0 Å². The zero-order chi connectivity index (χ0) is 21.4. The summed E-state index contributed by atoms with van der Waals surface area (Å²) in [6.07, 6.45) is -2.18. The summed E-state index contributed by atoms with van der Waals surface area (Å²) in [5, 5.41) is 10.8. The SMILES string of the molecule is CCOC(=O)/C(=C\C(=O)OC)C(O)[C@@H]1OC(C)(C)O[C@H]1COCc1ccccc1. The van der Waals surface area contributed by atoms with E-state index < -0.39 is 36.0 Å². The molecule has 0 aromatic heterocycles. The molecule has 1 unspecified atom stereocenters. The molecule has 0 bridgehead atoms. The Morgan fingerprint density at radius 2 is 1.93 bits per heavy atom. The number of ether oxygens (including phenoxy) is 5. The minimum atomic E-state index is -1.47. The average molecular weight is 408 g/mol. The summed E-state index contributed by atoms with van der Waals surface area (Å²) in [4.78, 5) is 23.9. The summed E-state index contributed by atoms with van der Waals surface area (Å²) in [5.74, 6) is -2.62. The van der Waals surface area contributed by atoms with E-state index in [1.54, 1.807) is 20.8 Å². The minimum Gasteiger partial charge on any atom is -0.466 e. The minimum absolute atomic E-state index is 0.0845. The lowest BCUT2D eigenvalue weighted by atomic mass is 10.00. The number of carbonyl (C=O) groups is 2. The molecule has 1 aliphatic rings. The topological polar surface area (TPSA) is 101 Å². The zero-order valence-corrected chi connectivity index (χ0v) is 17.1. The summed E-state index contributed by atoms with van der Waals surface area (Å²) in [7, 11) is 1.17. The summed E-state index contributed by atoms with van der Waals surface area (Å²) >= 11 is 0. The van der Waals surface area contributed by atoms with Crippen LogP contribution >= 0.6 is 0 Å². The third-order valence-electron chi connectivity index (χ3n) is 4.23. The maximum absolute atomic E-state index is 12.3. The third kappa shape index (κ3) is 6.64. The molecular weight excluding hydrogens is 380 g/mol. The Labute approximate surface area is 170 Å². The Hall–Kier alpha value is -2.26. The molecule has 1 heterocycles. The van der Waals surface area contributed by atoms with Crippen LogP contribution in [-0.4, -0.2) is 61.5 Å². The van der Waals surface area contributed by atoms with Crippen LogP contribution in [0.15, 0.2) is 42.0 Å². The summed E-state index contributed by atoms with van der Waals surface area (Å²) in [6.45, 7) is 5.57. The maximum atomic E-state index is 12.3. The molecule has 1 aromatic rings. The molecule has 3 atom stereocenters. The maximum Gasteiger partial charge on any atom is 0.337 e. The van der Waals surface area contributed by atoms with Gasteiger partial charge in [-0.25, -0.2) is 9.59 Å². The van der Waals surface area contributed by atoms with E-state index in [0.717, 1.165) is 11.6 Å². The first-order valence-electron chi connectivity index (χ1n) is 9.39. The molecule has 8 nitrogen and oxygen atoms in total. The van der Waals surface area contributed by atoms with Crippen LogP contribution in [0.2, 0.25) is 0 Å². The normalized spacial score (nSPS) is 22.2. The number of carbonyl (C=O) groups excluding carboxylic acids is 2. The first-order chi connectivity index (χ1) is 13.8. The molecule has 1 saturated heterocycles. The van der Waals surface area contributed by atoms with Crippen LogP contribution < -0.4 is 0 Å². The number of methoxy groups -OCH3 is 1. The smallest absolute Gasteiger partial charge is 0.337 e. The van der Waals surface area contributed by atoms with Crippen LogP contribution in [0.3, 0.4) is 0 Å². The highest BCUT2D eigenvalue weighted by Gasteiger charge is 2.47. The molecule has 2 rings (SSSR count). The number of aliphatic hydroxyl groups excluding tert-OH is 1. The predicted molar refractivity (Wildman–Crippen MR) is 103 cm³/mol. The number of benzene rings is 1. The van der Waals surface area contributed by atoms with E-state index in [1.165, 1.54) is 7.11 Å². The fourth-order valence-electron chi connectivity index (χ4n) is 2.97. The van der Waals surface area contributed by atoms with E-state index >= 15 is 0 Å². The Bertz CT molecular complexity index is 713. The van der Waals surface area contributed by atoms with Gasteiger partial charge in [0.15, 0.2) is 5.79 Å². The van der Waals surface area contributed by atoms with Crippen LogP contribution in [0, 0.1) is 0 Å². The molecule has 29 heavy (non-hydrogen) atoms. The van der Waals surface area contributed by atoms with Crippen molar-refractivity contribution in [2.24, 2.45) is 0 Å². The van der Waals surface area contributed by atoms with Crippen LogP contribution in [0.25, 0.3) is 0 Å². The predicted octanol–water partition coefficient (Wildman–Crippen LogP) is 1.75. The highest BCUT2D eigenvalue weighted by Crippen LogP contribution is 2.32. The monoisotopic (exact) mass is 408 g/mol. The highest BCUT2D eigenvalue weighted by atomic mass is 16.8. The van der Waals surface area contributed by atoms with Crippen molar-refractivity contribution < 1.29 is 38.4 Å². The van der Waals surface area contributed by atoms with Crippen LogP contribution in [0.4, 0.5) is 0 Å².